The van der Waals surface area contributed by atoms with E-state index in [-0.39, 0.29) is 17.8 Å². The fourth-order valence-corrected chi connectivity index (χ4v) is 1.93. The van der Waals surface area contributed by atoms with E-state index in [0.29, 0.717) is 5.92 Å². The monoisotopic (exact) mass is 253 g/mol. The lowest BCUT2D eigenvalue weighted by atomic mass is 9.89. The Bertz CT molecular complexity index is 348. The predicted octanol–water partition coefficient (Wildman–Crippen LogP) is 2.93. The van der Waals surface area contributed by atoms with Crippen LogP contribution in [0, 0.1) is 11.2 Å². The highest BCUT2D eigenvalue weighted by atomic mass is 19.1. The van der Waals surface area contributed by atoms with Crippen LogP contribution in [-0.2, 0) is 0 Å². The van der Waals surface area contributed by atoms with Crippen molar-refractivity contribution in [2.75, 3.05) is 19.7 Å². The van der Waals surface area contributed by atoms with E-state index in [2.05, 4.69) is 26.1 Å². The molecule has 0 aliphatic heterocycles. The van der Waals surface area contributed by atoms with Gasteiger partial charge in [0.2, 0.25) is 0 Å². The Morgan fingerprint density at radius 2 is 1.89 bits per heavy atom. The summed E-state index contributed by atoms with van der Waals surface area (Å²) in [6.07, 6.45) is 0.797. The van der Waals surface area contributed by atoms with Crippen LogP contribution < -0.4 is 5.32 Å². The van der Waals surface area contributed by atoms with E-state index in [0.717, 1.165) is 25.1 Å². The van der Waals surface area contributed by atoms with Gasteiger partial charge in [-0.05, 0) is 35.4 Å². The number of nitrogens with one attached hydrogen (secondary N) is 1. The van der Waals surface area contributed by atoms with Gasteiger partial charge in [0.25, 0.3) is 0 Å². The molecule has 1 atom stereocenters. The SMILES string of the molecule is CC(CNCC(C)(C)CCO)c1ccc(F)cc1. The van der Waals surface area contributed by atoms with Gasteiger partial charge in [0.05, 0.1) is 0 Å². The van der Waals surface area contributed by atoms with Crippen molar-refractivity contribution in [2.45, 2.75) is 33.1 Å². The van der Waals surface area contributed by atoms with Crippen LogP contribution in [0.5, 0.6) is 0 Å². The second-order valence-corrected chi connectivity index (χ2v) is 5.72. The van der Waals surface area contributed by atoms with Crippen LogP contribution in [-0.4, -0.2) is 24.8 Å². The maximum absolute atomic E-state index is 12.8. The molecule has 0 heterocycles. The van der Waals surface area contributed by atoms with Crippen molar-refractivity contribution in [2.24, 2.45) is 5.41 Å². The Morgan fingerprint density at radius 3 is 2.44 bits per heavy atom. The molecule has 1 rings (SSSR count). The van der Waals surface area contributed by atoms with Crippen LogP contribution in [0.1, 0.15) is 38.7 Å². The molecule has 3 heteroatoms. The zero-order valence-corrected chi connectivity index (χ0v) is 11.5. The molecule has 0 spiro atoms. The summed E-state index contributed by atoms with van der Waals surface area (Å²) in [7, 11) is 0. The van der Waals surface area contributed by atoms with E-state index in [4.69, 9.17) is 5.11 Å². The standard InChI is InChI=1S/C15H24FNO/c1-12(13-4-6-14(16)7-5-13)10-17-11-15(2,3)8-9-18/h4-7,12,17-18H,8-11H2,1-3H3. The highest BCUT2D eigenvalue weighted by molar-refractivity contribution is 5.20. The first-order chi connectivity index (χ1) is 8.44. The second-order valence-electron chi connectivity index (χ2n) is 5.72. The van der Waals surface area contributed by atoms with Crippen LogP contribution in [0.4, 0.5) is 4.39 Å². The lowest BCUT2D eigenvalue weighted by Gasteiger charge is -2.25. The van der Waals surface area contributed by atoms with Gasteiger partial charge >= 0.3 is 0 Å². The van der Waals surface area contributed by atoms with Gasteiger partial charge < -0.3 is 10.4 Å². The molecule has 0 saturated heterocycles. The summed E-state index contributed by atoms with van der Waals surface area (Å²) in [6.45, 7) is 8.36. The first-order valence-corrected chi connectivity index (χ1v) is 6.52. The molecule has 102 valence electrons. The van der Waals surface area contributed by atoms with Gasteiger partial charge in [0.1, 0.15) is 5.82 Å². The summed E-state index contributed by atoms with van der Waals surface area (Å²) in [5.41, 5.74) is 1.25. The Kier molecular flexibility index (Phi) is 5.76. The smallest absolute Gasteiger partial charge is 0.123 e. The summed E-state index contributed by atoms with van der Waals surface area (Å²) in [5.74, 6) is 0.165. The Morgan fingerprint density at radius 1 is 1.28 bits per heavy atom. The minimum absolute atomic E-state index is 0.108. The van der Waals surface area contributed by atoms with Gasteiger partial charge in [-0.3, -0.25) is 0 Å². The molecule has 1 aromatic carbocycles. The fraction of sp³-hybridized carbons (Fsp3) is 0.600. The van der Waals surface area contributed by atoms with E-state index in [1.165, 1.54) is 12.1 Å². The number of halogens is 1. The zero-order valence-electron chi connectivity index (χ0n) is 11.5. The molecule has 1 unspecified atom stereocenters. The molecule has 0 saturated carbocycles. The molecule has 1 aromatic rings. The van der Waals surface area contributed by atoms with E-state index in [1.54, 1.807) is 0 Å². The number of rotatable bonds is 7. The van der Waals surface area contributed by atoms with Crippen molar-refractivity contribution in [1.82, 2.24) is 5.32 Å². The van der Waals surface area contributed by atoms with Gasteiger partial charge in [0.15, 0.2) is 0 Å². The molecule has 0 aromatic heterocycles. The lowest BCUT2D eigenvalue weighted by Crippen LogP contribution is -2.32. The van der Waals surface area contributed by atoms with Gasteiger partial charge in [-0.15, -0.1) is 0 Å². The molecular formula is C15H24FNO. The lowest BCUT2D eigenvalue weighted by molar-refractivity contribution is 0.207. The number of hydrogen-bond acceptors (Lipinski definition) is 2. The van der Waals surface area contributed by atoms with Crippen molar-refractivity contribution in [3.8, 4) is 0 Å². The van der Waals surface area contributed by atoms with Crippen LogP contribution in [0.25, 0.3) is 0 Å². The number of hydrogen-bond donors (Lipinski definition) is 2. The first kappa shape index (κ1) is 15.1. The van der Waals surface area contributed by atoms with E-state index >= 15 is 0 Å². The summed E-state index contributed by atoms with van der Waals surface area (Å²) in [4.78, 5) is 0. The molecule has 0 fully saturated rings. The Hall–Kier alpha value is -0.930. The highest BCUT2D eigenvalue weighted by Crippen LogP contribution is 2.19. The molecule has 0 aliphatic carbocycles. The van der Waals surface area contributed by atoms with Crippen molar-refractivity contribution >= 4 is 0 Å². The molecule has 2 nitrogen and oxygen atoms in total. The summed E-state index contributed by atoms with van der Waals surface area (Å²) in [5, 5.41) is 12.4. The van der Waals surface area contributed by atoms with Crippen LogP contribution in [0.3, 0.4) is 0 Å². The summed E-state index contributed by atoms with van der Waals surface area (Å²) >= 11 is 0. The maximum atomic E-state index is 12.8. The first-order valence-electron chi connectivity index (χ1n) is 6.52. The van der Waals surface area contributed by atoms with Gasteiger partial charge in [-0.2, -0.15) is 0 Å². The topological polar surface area (TPSA) is 32.3 Å². The highest BCUT2D eigenvalue weighted by Gasteiger charge is 2.17. The molecular weight excluding hydrogens is 229 g/mol. The molecule has 0 amide bonds. The minimum Gasteiger partial charge on any atom is -0.396 e. The van der Waals surface area contributed by atoms with E-state index in [1.807, 2.05) is 12.1 Å². The van der Waals surface area contributed by atoms with Gasteiger partial charge in [-0.1, -0.05) is 32.9 Å². The van der Waals surface area contributed by atoms with E-state index < -0.39 is 0 Å². The number of benzene rings is 1. The van der Waals surface area contributed by atoms with Crippen LogP contribution in [0.2, 0.25) is 0 Å². The zero-order chi connectivity index (χ0) is 13.6. The minimum atomic E-state index is -0.192. The van der Waals surface area contributed by atoms with Crippen LogP contribution >= 0.6 is 0 Å². The molecule has 2 N–H and O–H groups in total. The molecule has 0 aliphatic rings. The third kappa shape index (κ3) is 5.15. The molecule has 18 heavy (non-hydrogen) atoms. The van der Waals surface area contributed by atoms with Crippen molar-refractivity contribution in [3.05, 3.63) is 35.6 Å². The van der Waals surface area contributed by atoms with Crippen molar-refractivity contribution in [3.63, 3.8) is 0 Å². The van der Waals surface area contributed by atoms with Gasteiger partial charge in [0, 0.05) is 19.7 Å². The predicted molar refractivity (Wildman–Crippen MR) is 73.2 cm³/mol. The average molecular weight is 253 g/mol. The number of aliphatic hydroxyl groups excluding tert-OH is 1. The average Bonchev–Trinajstić information content (AvgIpc) is 2.29. The second kappa shape index (κ2) is 6.86. The largest absolute Gasteiger partial charge is 0.396 e. The maximum Gasteiger partial charge on any atom is 0.123 e. The summed E-state index contributed by atoms with van der Waals surface area (Å²) < 4.78 is 12.8. The van der Waals surface area contributed by atoms with Gasteiger partial charge in [-0.25, -0.2) is 4.39 Å². The van der Waals surface area contributed by atoms with Crippen LogP contribution in [0.15, 0.2) is 24.3 Å². The number of aliphatic hydroxyl groups is 1. The Labute approximate surface area is 109 Å². The summed E-state index contributed by atoms with van der Waals surface area (Å²) in [6, 6.07) is 6.67. The third-order valence-electron chi connectivity index (χ3n) is 3.28. The van der Waals surface area contributed by atoms with E-state index in [9.17, 15) is 4.39 Å². The third-order valence-corrected chi connectivity index (χ3v) is 3.28. The fourth-order valence-electron chi connectivity index (χ4n) is 1.93. The normalized spacial score (nSPS) is 13.6. The quantitative estimate of drug-likeness (QED) is 0.783. The van der Waals surface area contributed by atoms with Crippen molar-refractivity contribution < 1.29 is 9.50 Å². The molecule has 0 radical (unpaired) electrons. The molecule has 0 bridgehead atoms. The van der Waals surface area contributed by atoms with Crippen molar-refractivity contribution in [1.29, 1.82) is 0 Å². The Balaban J connectivity index is 2.37.